The van der Waals surface area contributed by atoms with Gasteiger partial charge >= 0.3 is 0 Å². The first-order chi connectivity index (χ1) is 16.0. The van der Waals surface area contributed by atoms with Gasteiger partial charge in [-0.25, -0.2) is 0 Å². The highest BCUT2D eigenvalue weighted by molar-refractivity contribution is 6.11. The number of hydrogen-bond acceptors (Lipinski definition) is 4. The van der Waals surface area contributed by atoms with Gasteiger partial charge in [-0.15, -0.1) is 0 Å². The zero-order valence-corrected chi connectivity index (χ0v) is 18.5. The summed E-state index contributed by atoms with van der Waals surface area (Å²) >= 11 is 0. The average Bonchev–Trinajstić information content (AvgIpc) is 3.22. The molecule has 0 aromatic heterocycles. The van der Waals surface area contributed by atoms with Gasteiger partial charge in [0, 0.05) is 24.3 Å². The Morgan fingerprint density at radius 2 is 1.58 bits per heavy atom. The number of nitrogens with one attached hydrogen (secondary N) is 2. The molecule has 3 aromatic carbocycles. The van der Waals surface area contributed by atoms with Crippen molar-refractivity contribution in [3.05, 3.63) is 83.9 Å². The Kier molecular flexibility index (Phi) is 6.40. The Labute approximate surface area is 192 Å². The third kappa shape index (κ3) is 4.87. The van der Waals surface area contributed by atoms with E-state index in [0.29, 0.717) is 28.4 Å². The van der Waals surface area contributed by atoms with Crippen LogP contribution in [-0.4, -0.2) is 31.4 Å². The molecule has 4 rings (SSSR count). The first-order valence-electron chi connectivity index (χ1n) is 10.7. The molecular formula is C26H25N3O4. The van der Waals surface area contributed by atoms with Gasteiger partial charge in [-0.2, -0.15) is 0 Å². The quantitative estimate of drug-likeness (QED) is 0.596. The summed E-state index contributed by atoms with van der Waals surface area (Å²) < 4.78 is 5.16. The van der Waals surface area contributed by atoms with Crippen LogP contribution in [0.3, 0.4) is 0 Å². The molecule has 0 radical (unpaired) electrons. The molecule has 3 amide bonds. The molecule has 0 bridgehead atoms. The summed E-state index contributed by atoms with van der Waals surface area (Å²) in [6, 6.07) is 21.5. The maximum atomic E-state index is 13.0. The molecule has 168 valence electrons. The largest absolute Gasteiger partial charge is 0.497 e. The summed E-state index contributed by atoms with van der Waals surface area (Å²) in [7, 11) is 1.58. The molecule has 33 heavy (non-hydrogen) atoms. The van der Waals surface area contributed by atoms with Crippen LogP contribution in [-0.2, 0) is 9.59 Å². The van der Waals surface area contributed by atoms with E-state index in [1.54, 1.807) is 60.5 Å². The van der Waals surface area contributed by atoms with Crippen molar-refractivity contribution < 1.29 is 19.1 Å². The molecule has 1 fully saturated rings. The van der Waals surface area contributed by atoms with Crippen LogP contribution < -0.4 is 20.3 Å². The second-order valence-corrected chi connectivity index (χ2v) is 7.91. The van der Waals surface area contributed by atoms with Gasteiger partial charge in [0.15, 0.2) is 0 Å². The minimum atomic E-state index is -0.521. The standard InChI is InChI=1S/C26H25N3O4/c1-17-7-3-5-9-22(17)27-26(32)21-8-4-6-10-23(21)28-25(31)18-15-24(30)29(16-18)19-11-13-20(33-2)14-12-19/h3-14,18H,15-16H2,1-2H3,(H,27,32)(H,28,31). The van der Waals surface area contributed by atoms with E-state index in [1.807, 2.05) is 31.2 Å². The lowest BCUT2D eigenvalue weighted by Crippen LogP contribution is -2.28. The fourth-order valence-corrected chi connectivity index (χ4v) is 3.82. The maximum Gasteiger partial charge on any atom is 0.257 e. The van der Waals surface area contributed by atoms with E-state index in [0.717, 1.165) is 5.56 Å². The molecule has 1 atom stereocenters. The Balaban J connectivity index is 1.46. The van der Waals surface area contributed by atoms with E-state index < -0.39 is 5.92 Å². The van der Waals surface area contributed by atoms with Crippen LogP contribution in [0.4, 0.5) is 17.1 Å². The number of anilines is 3. The van der Waals surface area contributed by atoms with Gasteiger partial charge < -0.3 is 20.3 Å². The number of rotatable bonds is 6. The van der Waals surface area contributed by atoms with E-state index in [9.17, 15) is 14.4 Å². The number of hydrogen-bond donors (Lipinski definition) is 2. The van der Waals surface area contributed by atoms with E-state index >= 15 is 0 Å². The average molecular weight is 444 g/mol. The molecule has 0 saturated carbocycles. The van der Waals surface area contributed by atoms with E-state index in [1.165, 1.54) is 0 Å². The van der Waals surface area contributed by atoms with Crippen molar-refractivity contribution in [2.24, 2.45) is 5.92 Å². The first-order valence-corrected chi connectivity index (χ1v) is 10.7. The number of para-hydroxylation sites is 2. The van der Waals surface area contributed by atoms with Gasteiger partial charge in [-0.1, -0.05) is 30.3 Å². The minimum absolute atomic E-state index is 0.107. The molecule has 1 unspecified atom stereocenters. The van der Waals surface area contributed by atoms with Crippen molar-refractivity contribution >= 4 is 34.8 Å². The zero-order valence-electron chi connectivity index (χ0n) is 18.5. The van der Waals surface area contributed by atoms with Crippen LogP contribution in [0.1, 0.15) is 22.3 Å². The van der Waals surface area contributed by atoms with Crippen LogP contribution >= 0.6 is 0 Å². The number of carbonyl (C=O) groups excluding carboxylic acids is 3. The van der Waals surface area contributed by atoms with Gasteiger partial charge in [-0.3, -0.25) is 14.4 Å². The smallest absolute Gasteiger partial charge is 0.257 e. The third-order valence-electron chi connectivity index (χ3n) is 5.70. The number of nitrogens with zero attached hydrogens (tertiary/aromatic N) is 1. The highest BCUT2D eigenvalue weighted by Gasteiger charge is 2.35. The molecule has 1 saturated heterocycles. The Morgan fingerprint density at radius 1 is 0.909 bits per heavy atom. The SMILES string of the molecule is COc1ccc(N2CC(C(=O)Nc3ccccc3C(=O)Nc3ccccc3C)CC2=O)cc1. The fourth-order valence-electron chi connectivity index (χ4n) is 3.82. The van der Waals surface area contributed by atoms with Crippen molar-refractivity contribution in [1.82, 2.24) is 0 Å². The van der Waals surface area contributed by atoms with Crippen molar-refractivity contribution in [3.63, 3.8) is 0 Å². The molecule has 0 aliphatic carbocycles. The molecule has 1 heterocycles. The van der Waals surface area contributed by atoms with E-state index in [-0.39, 0.29) is 30.7 Å². The molecule has 1 aliphatic heterocycles. The molecule has 7 nitrogen and oxygen atoms in total. The second kappa shape index (κ2) is 9.56. The fraction of sp³-hybridized carbons (Fsp3) is 0.192. The van der Waals surface area contributed by atoms with Gasteiger partial charge in [0.25, 0.3) is 5.91 Å². The van der Waals surface area contributed by atoms with Crippen LogP contribution in [0.15, 0.2) is 72.8 Å². The molecule has 2 N–H and O–H groups in total. The van der Waals surface area contributed by atoms with Crippen molar-refractivity contribution in [2.45, 2.75) is 13.3 Å². The van der Waals surface area contributed by atoms with Crippen molar-refractivity contribution in [2.75, 3.05) is 29.2 Å². The summed E-state index contributed by atoms with van der Waals surface area (Å²) in [5.74, 6) is -0.559. The second-order valence-electron chi connectivity index (χ2n) is 7.91. The summed E-state index contributed by atoms with van der Waals surface area (Å²) in [4.78, 5) is 40.0. The highest BCUT2D eigenvalue weighted by atomic mass is 16.5. The molecule has 1 aliphatic rings. The van der Waals surface area contributed by atoms with Crippen molar-refractivity contribution in [3.8, 4) is 5.75 Å². The number of benzene rings is 3. The van der Waals surface area contributed by atoms with Crippen LogP contribution in [0, 0.1) is 12.8 Å². The zero-order chi connectivity index (χ0) is 23.4. The lowest BCUT2D eigenvalue weighted by atomic mass is 10.1. The molecule has 7 heteroatoms. The number of carbonyl (C=O) groups is 3. The summed E-state index contributed by atoms with van der Waals surface area (Å²) in [6.45, 7) is 2.18. The summed E-state index contributed by atoms with van der Waals surface area (Å²) in [6.07, 6.45) is 0.107. The predicted octanol–water partition coefficient (Wildman–Crippen LogP) is 4.25. The van der Waals surface area contributed by atoms with Crippen LogP contribution in [0.25, 0.3) is 0 Å². The van der Waals surface area contributed by atoms with Gasteiger partial charge in [0.05, 0.1) is 24.3 Å². The normalized spacial score (nSPS) is 15.3. The number of ether oxygens (including phenoxy) is 1. The minimum Gasteiger partial charge on any atom is -0.497 e. The molecule has 3 aromatic rings. The first kappa shape index (κ1) is 22.1. The molecular weight excluding hydrogens is 418 g/mol. The lowest BCUT2D eigenvalue weighted by Gasteiger charge is -2.17. The lowest BCUT2D eigenvalue weighted by molar-refractivity contribution is -0.122. The van der Waals surface area contributed by atoms with Gasteiger partial charge in [-0.05, 0) is 55.0 Å². The number of methoxy groups -OCH3 is 1. The Morgan fingerprint density at radius 3 is 2.27 bits per heavy atom. The Hall–Kier alpha value is -4.13. The van der Waals surface area contributed by atoms with Gasteiger partial charge in [0.2, 0.25) is 11.8 Å². The number of amides is 3. The maximum absolute atomic E-state index is 13.0. The van der Waals surface area contributed by atoms with Gasteiger partial charge in [0.1, 0.15) is 5.75 Å². The van der Waals surface area contributed by atoms with E-state index in [2.05, 4.69) is 10.6 Å². The van der Waals surface area contributed by atoms with Crippen LogP contribution in [0.2, 0.25) is 0 Å². The molecule has 0 spiro atoms. The summed E-state index contributed by atoms with van der Waals surface area (Å²) in [5, 5.41) is 5.74. The van der Waals surface area contributed by atoms with E-state index in [4.69, 9.17) is 4.74 Å². The van der Waals surface area contributed by atoms with Crippen molar-refractivity contribution in [1.29, 1.82) is 0 Å². The Bertz CT molecular complexity index is 1190. The van der Waals surface area contributed by atoms with Crippen LogP contribution in [0.5, 0.6) is 5.75 Å². The third-order valence-corrected chi connectivity index (χ3v) is 5.70. The predicted molar refractivity (Wildman–Crippen MR) is 128 cm³/mol. The number of aryl methyl sites for hydroxylation is 1. The topological polar surface area (TPSA) is 87.7 Å². The highest BCUT2D eigenvalue weighted by Crippen LogP contribution is 2.28. The summed E-state index contributed by atoms with van der Waals surface area (Å²) in [5.41, 5.74) is 3.12. The monoisotopic (exact) mass is 443 g/mol.